The third-order valence-corrected chi connectivity index (χ3v) is 2.36. The van der Waals surface area contributed by atoms with Crippen LogP contribution in [0.4, 0.5) is 0 Å². The third-order valence-electron chi connectivity index (χ3n) is 2.36. The van der Waals surface area contributed by atoms with Crippen LogP contribution in [-0.4, -0.2) is 50.8 Å². The van der Waals surface area contributed by atoms with Crippen molar-refractivity contribution in [1.82, 2.24) is 10.2 Å². The van der Waals surface area contributed by atoms with E-state index in [0.717, 1.165) is 19.7 Å². The summed E-state index contributed by atoms with van der Waals surface area (Å²) in [6.45, 7) is 9.34. The van der Waals surface area contributed by atoms with Gasteiger partial charge in [0.05, 0.1) is 12.7 Å². The van der Waals surface area contributed by atoms with Crippen LogP contribution < -0.4 is 5.32 Å². The minimum absolute atomic E-state index is 0.347. The lowest BCUT2D eigenvalue weighted by molar-refractivity contribution is 0.0633. The number of nitrogens with one attached hydrogen (secondary N) is 1. The van der Waals surface area contributed by atoms with Gasteiger partial charge in [-0.2, -0.15) is 0 Å². The van der Waals surface area contributed by atoms with E-state index in [2.05, 4.69) is 38.0 Å². The Bertz CT molecular complexity index is 128. The lowest BCUT2D eigenvalue weighted by atomic mass is 10.2. The van der Waals surface area contributed by atoms with Gasteiger partial charge in [0.2, 0.25) is 0 Å². The molecule has 0 aliphatic heterocycles. The van der Waals surface area contributed by atoms with Crippen molar-refractivity contribution in [3.05, 3.63) is 0 Å². The lowest BCUT2D eigenvalue weighted by Gasteiger charge is -2.19. The zero-order chi connectivity index (χ0) is 11.0. The molecule has 1 unspecified atom stereocenters. The fraction of sp³-hybridized carbons (Fsp3) is 1.00. The molecule has 0 aliphatic rings. The van der Waals surface area contributed by atoms with Gasteiger partial charge in [-0.1, -0.05) is 0 Å². The maximum Gasteiger partial charge on any atom is 0.0596 e. The summed E-state index contributed by atoms with van der Waals surface area (Å²) in [4.78, 5) is 2.32. The first-order valence-corrected chi connectivity index (χ1v) is 5.53. The van der Waals surface area contributed by atoms with Crippen molar-refractivity contribution in [1.29, 1.82) is 0 Å². The predicted octanol–water partition coefficient (Wildman–Crippen LogP) is 1.34. The molecule has 14 heavy (non-hydrogen) atoms. The molecule has 0 radical (unpaired) electrons. The van der Waals surface area contributed by atoms with E-state index in [-0.39, 0.29) is 0 Å². The number of nitrogens with zero attached hydrogens (tertiary/aromatic N) is 1. The first-order valence-electron chi connectivity index (χ1n) is 5.53. The number of hydrogen-bond donors (Lipinski definition) is 1. The van der Waals surface area contributed by atoms with Gasteiger partial charge >= 0.3 is 0 Å². The van der Waals surface area contributed by atoms with Crippen molar-refractivity contribution in [3.8, 4) is 0 Å². The molecule has 0 aromatic heterocycles. The maximum absolute atomic E-state index is 5.49. The van der Waals surface area contributed by atoms with Crippen molar-refractivity contribution < 1.29 is 4.74 Å². The molecule has 0 bridgehead atoms. The minimum Gasteiger partial charge on any atom is -0.377 e. The van der Waals surface area contributed by atoms with Crippen LogP contribution in [0.3, 0.4) is 0 Å². The first kappa shape index (κ1) is 13.9. The van der Waals surface area contributed by atoms with Crippen molar-refractivity contribution in [2.24, 2.45) is 0 Å². The van der Waals surface area contributed by atoms with E-state index < -0.39 is 0 Å². The molecule has 0 amide bonds. The highest BCUT2D eigenvalue weighted by atomic mass is 16.5. The largest absolute Gasteiger partial charge is 0.377 e. The SMILES string of the molecule is CNC(C)CCN(C)CCOC(C)C. The quantitative estimate of drug-likeness (QED) is 0.643. The summed E-state index contributed by atoms with van der Waals surface area (Å²) >= 11 is 0. The summed E-state index contributed by atoms with van der Waals surface area (Å²) in [5.41, 5.74) is 0. The first-order chi connectivity index (χ1) is 6.56. The number of likely N-dealkylation sites (N-methyl/N-ethyl adjacent to an activating group) is 1. The van der Waals surface area contributed by atoms with Crippen LogP contribution >= 0.6 is 0 Å². The molecule has 0 aromatic carbocycles. The molecule has 0 saturated heterocycles. The van der Waals surface area contributed by atoms with Crippen molar-refractivity contribution >= 4 is 0 Å². The fourth-order valence-corrected chi connectivity index (χ4v) is 1.11. The Morgan fingerprint density at radius 1 is 1.21 bits per heavy atom. The molecular formula is C11H26N2O. The third kappa shape index (κ3) is 8.48. The average Bonchev–Trinajstić information content (AvgIpc) is 2.13. The van der Waals surface area contributed by atoms with E-state index in [1.54, 1.807) is 0 Å². The summed E-state index contributed by atoms with van der Waals surface area (Å²) < 4.78 is 5.49. The Labute approximate surface area is 88.8 Å². The number of ether oxygens (including phenoxy) is 1. The Morgan fingerprint density at radius 2 is 1.86 bits per heavy atom. The molecule has 0 aliphatic carbocycles. The van der Waals surface area contributed by atoms with E-state index in [4.69, 9.17) is 4.74 Å². The molecule has 86 valence electrons. The molecule has 0 rings (SSSR count). The predicted molar refractivity (Wildman–Crippen MR) is 61.7 cm³/mol. The number of hydrogen-bond acceptors (Lipinski definition) is 3. The second-order valence-corrected chi connectivity index (χ2v) is 4.20. The van der Waals surface area contributed by atoms with Crippen LogP contribution in [0.5, 0.6) is 0 Å². The van der Waals surface area contributed by atoms with Crippen LogP contribution in [0.15, 0.2) is 0 Å². The van der Waals surface area contributed by atoms with Gasteiger partial charge < -0.3 is 15.0 Å². The molecule has 1 atom stereocenters. The van der Waals surface area contributed by atoms with Gasteiger partial charge in [0.25, 0.3) is 0 Å². The van der Waals surface area contributed by atoms with E-state index >= 15 is 0 Å². The zero-order valence-corrected chi connectivity index (χ0v) is 10.3. The van der Waals surface area contributed by atoms with Crippen molar-refractivity contribution in [2.75, 3.05) is 33.8 Å². The highest BCUT2D eigenvalue weighted by Crippen LogP contribution is 1.94. The van der Waals surface area contributed by atoms with Gasteiger partial charge in [0, 0.05) is 12.6 Å². The summed E-state index contributed by atoms with van der Waals surface area (Å²) in [6.07, 6.45) is 1.54. The molecule has 1 N–H and O–H groups in total. The second kappa shape index (κ2) is 8.21. The smallest absolute Gasteiger partial charge is 0.0596 e. The second-order valence-electron chi connectivity index (χ2n) is 4.20. The summed E-state index contributed by atoms with van der Waals surface area (Å²) in [5.74, 6) is 0. The molecule has 0 spiro atoms. The van der Waals surface area contributed by atoms with Crippen LogP contribution in [0.25, 0.3) is 0 Å². The molecule has 3 heteroatoms. The van der Waals surface area contributed by atoms with Crippen LogP contribution in [-0.2, 0) is 4.74 Å². The van der Waals surface area contributed by atoms with Gasteiger partial charge in [-0.15, -0.1) is 0 Å². The minimum atomic E-state index is 0.347. The van der Waals surface area contributed by atoms with Gasteiger partial charge in [-0.05, 0) is 47.8 Å². The van der Waals surface area contributed by atoms with Gasteiger partial charge in [0.1, 0.15) is 0 Å². The van der Waals surface area contributed by atoms with E-state index in [1.165, 1.54) is 6.42 Å². The van der Waals surface area contributed by atoms with E-state index in [0.29, 0.717) is 12.1 Å². The van der Waals surface area contributed by atoms with E-state index in [9.17, 15) is 0 Å². The lowest BCUT2D eigenvalue weighted by Crippen LogP contribution is -2.30. The van der Waals surface area contributed by atoms with Crippen LogP contribution in [0.2, 0.25) is 0 Å². The molecule has 0 fully saturated rings. The van der Waals surface area contributed by atoms with Crippen LogP contribution in [0.1, 0.15) is 27.2 Å². The molecular weight excluding hydrogens is 176 g/mol. The monoisotopic (exact) mass is 202 g/mol. The average molecular weight is 202 g/mol. The summed E-state index contributed by atoms with van der Waals surface area (Å²) in [6, 6.07) is 0.600. The van der Waals surface area contributed by atoms with Gasteiger partial charge in [0.15, 0.2) is 0 Å². The van der Waals surface area contributed by atoms with Crippen LogP contribution in [0, 0.1) is 0 Å². The summed E-state index contributed by atoms with van der Waals surface area (Å²) in [5, 5.41) is 3.24. The molecule has 0 saturated carbocycles. The Balaban J connectivity index is 3.32. The Hall–Kier alpha value is -0.120. The highest BCUT2D eigenvalue weighted by molar-refractivity contribution is 4.60. The standard InChI is InChI=1S/C11H26N2O/c1-10(2)14-9-8-13(5)7-6-11(3)12-4/h10-12H,6-9H2,1-5H3. The van der Waals surface area contributed by atoms with Gasteiger partial charge in [-0.3, -0.25) is 0 Å². The molecule has 0 aromatic rings. The molecule has 0 heterocycles. The highest BCUT2D eigenvalue weighted by Gasteiger charge is 2.02. The fourth-order valence-electron chi connectivity index (χ4n) is 1.11. The Morgan fingerprint density at radius 3 is 2.36 bits per heavy atom. The van der Waals surface area contributed by atoms with Gasteiger partial charge in [-0.25, -0.2) is 0 Å². The number of rotatable bonds is 8. The van der Waals surface area contributed by atoms with Crippen molar-refractivity contribution in [2.45, 2.75) is 39.3 Å². The Kier molecular flexibility index (Phi) is 8.14. The summed E-state index contributed by atoms with van der Waals surface area (Å²) in [7, 11) is 4.15. The maximum atomic E-state index is 5.49. The van der Waals surface area contributed by atoms with E-state index in [1.807, 2.05) is 7.05 Å². The zero-order valence-electron chi connectivity index (χ0n) is 10.3. The van der Waals surface area contributed by atoms with Crippen molar-refractivity contribution in [3.63, 3.8) is 0 Å². The normalized spacial score (nSPS) is 13.9. The molecule has 3 nitrogen and oxygen atoms in total. The topological polar surface area (TPSA) is 24.5 Å².